The number of nitrogens with one attached hydrogen (secondary N) is 1. The number of fused-ring (bicyclic) bond motifs is 1. The fraction of sp³-hybridized carbons (Fsp3) is 0.414. The number of benzene rings is 2. The van der Waals surface area contributed by atoms with Crippen molar-refractivity contribution in [3.8, 4) is 5.75 Å². The van der Waals surface area contributed by atoms with E-state index in [4.69, 9.17) is 14.3 Å². The van der Waals surface area contributed by atoms with Crippen molar-refractivity contribution in [2.24, 2.45) is 5.41 Å². The summed E-state index contributed by atoms with van der Waals surface area (Å²) in [6.45, 7) is 11.5. The number of hydrogen-bond donors (Lipinski definition) is 2. The number of aryl methyl sites for hydroxylation is 1. The van der Waals surface area contributed by atoms with Crippen molar-refractivity contribution in [1.29, 1.82) is 0 Å². The molecule has 2 aromatic carbocycles. The first-order valence-electron chi connectivity index (χ1n) is 12.2. The molecule has 0 saturated heterocycles. The second-order valence-corrected chi connectivity index (χ2v) is 10.2. The summed E-state index contributed by atoms with van der Waals surface area (Å²) in [5, 5.41) is 11.9. The van der Waals surface area contributed by atoms with Crippen molar-refractivity contribution in [3.63, 3.8) is 0 Å². The lowest BCUT2D eigenvalue weighted by molar-refractivity contribution is -0.135. The van der Waals surface area contributed by atoms with Crippen LogP contribution in [0.25, 0.3) is 11.0 Å². The van der Waals surface area contributed by atoms with Crippen molar-refractivity contribution in [1.82, 2.24) is 5.32 Å². The third-order valence-corrected chi connectivity index (χ3v) is 6.83. The van der Waals surface area contributed by atoms with Gasteiger partial charge >= 0.3 is 5.97 Å². The standard InChI is InChI=1S/C29H35NO6/c1-7-29(8-2,20-11-12-22(18(3)13-20)35-17-25(31)28(4,5)6)21-10-9-19-14-24(36-23(19)15-21)27(34)30-16-26(32)33/h9-15H,7-8,16-17H2,1-6H3,(H,30,34)(H,32,33). The fourth-order valence-electron chi connectivity index (χ4n) is 4.39. The van der Waals surface area contributed by atoms with Crippen LogP contribution < -0.4 is 10.1 Å². The highest BCUT2D eigenvalue weighted by Crippen LogP contribution is 2.41. The number of Topliss-reactive ketones (excluding diaryl/α,β-unsaturated/α-hetero) is 1. The zero-order chi connectivity index (χ0) is 26.7. The molecule has 2 N–H and O–H groups in total. The van der Waals surface area contributed by atoms with Gasteiger partial charge in [0, 0.05) is 16.2 Å². The molecule has 3 aromatic rings. The molecule has 0 fully saturated rings. The molecule has 0 aliphatic rings. The van der Waals surface area contributed by atoms with E-state index in [0.29, 0.717) is 11.3 Å². The van der Waals surface area contributed by atoms with Gasteiger partial charge in [0.2, 0.25) is 0 Å². The zero-order valence-corrected chi connectivity index (χ0v) is 21.9. The van der Waals surface area contributed by atoms with Gasteiger partial charge in [0.25, 0.3) is 5.91 Å². The minimum Gasteiger partial charge on any atom is -0.486 e. The highest BCUT2D eigenvalue weighted by atomic mass is 16.5. The Balaban J connectivity index is 1.92. The average molecular weight is 494 g/mol. The lowest BCUT2D eigenvalue weighted by Crippen LogP contribution is -2.28. The molecule has 0 atom stereocenters. The van der Waals surface area contributed by atoms with Crippen LogP contribution >= 0.6 is 0 Å². The molecule has 192 valence electrons. The molecule has 7 nitrogen and oxygen atoms in total. The van der Waals surface area contributed by atoms with Crippen LogP contribution in [-0.2, 0) is 15.0 Å². The number of furan rings is 1. The Morgan fingerprint density at radius 1 is 0.972 bits per heavy atom. The summed E-state index contributed by atoms with van der Waals surface area (Å²) < 4.78 is 11.6. The summed E-state index contributed by atoms with van der Waals surface area (Å²) in [6, 6.07) is 13.6. The highest BCUT2D eigenvalue weighted by molar-refractivity contribution is 5.97. The predicted molar refractivity (Wildman–Crippen MR) is 139 cm³/mol. The molecule has 0 unspecified atom stereocenters. The second kappa shape index (κ2) is 10.6. The van der Waals surface area contributed by atoms with Gasteiger partial charge in [-0.25, -0.2) is 0 Å². The van der Waals surface area contributed by atoms with Gasteiger partial charge in [-0.2, -0.15) is 0 Å². The van der Waals surface area contributed by atoms with Crippen LogP contribution in [0.15, 0.2) is 46.9 Å². The normalized spacial score (nSPS) is 11.9. The summed E-state index contributed by atoms with van der Waals surface area (Å²) in [5.41, 5.74) is 2.97. The van der Waals surface area contributed by atoms with Crippen molar-refractivity contribution in [3.05, 3.63) is 64.9 Å². The Bertz CT molecular complexity index is 1280. The van der Waals surface area contributed by atoms with Crippen molar-refractivity contribution in [2.75, 3.05) is 13.2 Å². The van der Waals surface area contributed by atoms with Crippen LogP contribution in [0.2, 0.25) is 0 Å². The summed E-state index contributed by atoms with van der Waals surface area (Å²) in [6.07, 6.45) is 1.67. The Labute approximate surface area is 211 Å². The van der Waals surface area contributed by atoms with Gasteiger partial charge in [0.15, 0.2) is 11.5 Å². The minimum absolute atomic E-state index is 0.0356. The van der Waals surface area contributed by atoms with E-state index in [1.807, 2.05) is 58.0 Å². The molecule has 0 saturated carbocycles. The van der Waals surface area contributed by atoms with E-state index in [2.05, 4.69) is 25.2 Å². The predicted octanol–water partition coefficient (Wildman–Crippen LogP) is 5.66. The zero-order valence-electron chi connectivity index (χ0n) is 21.9. The molecule has 0 spiro atoms. The Morgan fingerprint density at radius 2 is 1.61 bits per heavy atom. The third-order valence-electron chi connectivity index (χ3n) is 6.83. The van der Waals surface area contributed by atoms with Gasteiger partial charge in [-0.3, -0.25) is 14.4 Å². The lowest BCUT2D eigenvalue weighted by Gasteiger charge is -2.33. The van der Waals surface area contributed by atoms with E-state index in [0.717, 1.165) is 34.9 Å². The van der Waals surface area contributed by atoms with Gasteiger partial charge in [-0.05, 0) is 54.7 Å². The van der Waals surface area contributed by atoms with E-state index in [1.54, 1.807) is 6.07 Å². The number of amides is 1. The molecule has 0 aliphatic carbocycles. The Hall–Kier alpha value is -3.61. The molecule has 0 aliphatic heterocycles. The first-order valence-corrected chi connectivity index (χ1v) is 12.2. The molecular weight excluding hydrogens is 458 g/mol. The van der Waals surface area contributed by atoms with Crippen molar-refractivity contribution >= 4 is 28.6 Å². The maximum atomic E-state index is 12.3. The van der Waals surface area contributed by atoms with Gasteiger partial charge in [-0.15, -0.1) is 0 Å². The maximum absolute atomic E-state index is 12.3. The SMILES string of the molecule is CCC(CC)(c1ccc(OCC(=O)C(C)(C)C)c(C)c1)c1ccc2cc(C(=O)NCC(=O)O)oc2c1. The van der Waals surface area contributed by atoms with E-state index < -0.39 is 23.8 Å². The summed E-state index contributed by atoms with van der Waals surface area (Å²) in [7, 11) is 0. The summed E-state index contributed by atoms with van der Waals surface area (Å²) in [4.78, 5) is 35.3. The number of carbonyl (C=O) groups excluding carboxylic acids is 2. The Kier molecular flexibility index (Phi) is 7.92. The highest BCUT2D eigenvalue weighted by Gasteiger charge is 2.32. The molecule has 1 heterocycles. The number of carboxylic acids is 1. The maximum Gasteiger partial charge on any atom is 0.322 e. The van der Waals surface area contributed by atoms with Gasteiger partial charge in [0.05, 0.1) is 0 Å². The number of carboxylic acid groups (broad SMARTS) is 1. The van der Waals surface area contributed by atoms with E-state index in [9.17, 15) is 14.4 Å². The van der Waals surface area contributed by atoms with Crippen LogP contribution in [-0.4, -0.2) is 35.9 Å². The lowest BCUT2D eigenvalue weighted by atomic mass is 9.70. The third kappa shape index (κ3) is 5.61. The van der Waals surface area contributed by atoms with Crippen LogP contribution in [0, 0.1) is 12.3 Å². The summed E-state index contributed by atoms with van der Waals surface area (Å²) in [5.74, 6) is -0.876. The van der Waals surface area contributed by atoms with Crippen LogP contribution in [0.4, 0.5) is 0 Å². The topological polar surface area (TPSA) is 106 Å². The van der Waals surface area contributed by atoms with Crippen molar-refractivity contribution in [2.45, 2.75) is 59.8 Å². The molecule has 1 amide bonds. The molecule has 3 rings (SSSR count). The quantitative estimate of drug-likeness (QED) is 0.378. The number of hydrogen-bond acceptors (Lipinski definition) is 5. The van der Waals surface area contributed by atoms with E-state index >= 15 is 0 Å². The number of ether oxygens (including phenoxy) is 1. The van der Waals surface area contributed by atoms with E-state index in [-0.39, 0.29) is 23.6 Å². The van der Waals surface area contributed by atoms with E-state index in [1.165, 1.54) is 0 Å². The van der Waals surface area contributed by atoms with Crippen LogP contribution in [0.1, 0.15) is 74.7 Å². The van der Waals surface area contributed by atoms with Crippen LogP contribution in [0.5, 0.6) is 5.75 Å². The molecule has 0 bridgehead atoms. The first kappa shape index (κ1) is 27.0. The number of carbonyl (C=O) groups is 3. The molecule has 1 aromatic heterocycles. The van der Waals surface area contributed by atoms with Gasteiger partial charge in [-0.1, -0.05) is 58.9 Å². The largest absolute Gasteiger partial charge is 0.486 e. The first-order chi connectivity index (χ1) is 16.9. The number of ketones is 1. The monoisotopic (exact) mass is 493 g/mol. The second-order valence-electron chi connectivity index (χ2n) is 10.2. The van der Waals surface area contributed by atoms with Gasteiger partial charge < -0.3 is 19.6 Å². The minimum atomic E-state index is -1.12. The molecular formula is C29H35NO6. The fourth-order valence-corrected chi connectivity index (χ4v) is 4.39. The van der Waals surface area contributed by atoms with Crippen molar-refractivity contribution < 1.29 is 28.6 Å². The van der Waals surface area contributed by atoms with Gasteiger partial charge in [0.1, 0.15) is 24.5 Å². The number of rotatable bonds is 10. The average Bonchev–Trinajstić information content (AvgIpc) is 3.26. The smallest absolute Gasteiger partial charge is 0.322 e. The number of aliphatic carboxylic acids is 1. The summed E-state index contributed by atoms with van der Waals surface area (Å²) >= 11 is 0. The molecule has 36 heavy (non-hydrogen) atoms. The molecule has 7 heteroatoms. The van der Waals surface area contributed by atoms with Crippen LogP contribution in [0.3, 0.4) is 0 Å². The molecule has 0 radical (unpaired) electrons. The Morgan fingerprint density at radius 3 is 2.19 bits per heavy atom.